The average molecular weight is 427 g/mol. The summed E-state index contributed by atoms with van der Waals surface area (Å²) >= 11 is 1.61. The molecule has 0 bridgehead atoms. The van der Waals surface area contributed by atoms with Crippen LogP contribution in [0.4, 0.5) is 5.00 Å². The Bertz CT molecular complexity index is 887. The Hall–Kier alpha value is -1.89. The van der Waals surface area contributed by atoms with Gasteiger partial charge in [0.15, 0.2) is 0 Å². The highest BCUT2D eigenvalue weighted by Gasteiger charge is 2.59. The first-order valence-corrected chi connectivity index (χ1v) is 12.0. The van der Waals surface area contributed by atoms with Crippen molar-refractivity contribution in [2.24, 2.45) is 5.41 Å². The number of carbonyl (C=O) groups excluding carboxylic acids is 1. The van der Waals surface area contributed by atoms with Gasteiger partial charge in [0.2, 0.25) is 0 Å². The normalized spacial score (nSPS) is 24.9. The molecule has 1 amide bonds. The number of nitrogens with one attached hydrogen (secondary N) is 1. The lowest BCUT2D eigenvalue weighted by molar-refractivity contribution is -0.169. The third-order valence-corrected chi connectivity index (χ3v) is 8.26. The quantitative estimate of drug-likeness (QED) is 0.747. The van der Waals surface area contributed by atoms with Crippen LogP contribution in [0.5, 0.6) is 0 Å². The van der Waals surface area contributed by atoms with Gasteiger partial charge in [-0.25, -0.2) is 0 Å². The van der Waals surface area contributed by atoms with Crippen LogP contribution in [-0.4, -0.2) is 51.0 Å². The van der Waals surface area contributed by atoms with Crippen molar-refractivity contribution < 1.29 is 14.3 Å². The summed E-state index contributed by atoms with van der Waals surface area (Å²) in [5.74, 6) is 0.0583. The molecule has 2 aliphatic carbocycles. The summed E-state index contributed by atoms with van der Waals surface area (Å²) in [6.45, 7) is 6.00. The Morgan fingerprint density at radius 1 is 1.27 bits per heavy atom. The van der Waals surface area contributed by atoms with Crippen LogP contribution in [-0.2, 0) is 9.47 Å². The third-order valence-electron chi connectivity index (χ3n) is 7.06. The second kappa shape index (κ2) is 8.33. The van der Waals surface area contributed by atoms with E-state index in [2.05, 4.69) is 47.5 Å². The van der Waals surface area contributed by atoms with Crippen LogP contribution >= 0.6 is 11.3 Å². The Morgan fingerprint density at radius 2 is 2.03 bits per heavy atom. The van der Waals surface area contributed by atoms with Crippen LogP contribution in [0.2, 0.25) is 0 Å². The van der Waals surface area contributed by atoms with Gasteiger partial charge in [-0.3, -0.25) is 4.79 Å². The minimum atomic E-state index is 0.0583. The Labute approximate surface area is 182 Å². The summed E-state index contributed by atoms with van der Waals surface area (Å²) in [4.78, 5) is 16.4. The van der Waals surface area contributed by atoms with Gasteiger partial charge in [0, 0.05) is 36.7 Å². The third kappa shape index (κ3) is 3.45. The number of anilines is 1. The highest BCUT2D eigenvalue weighted by atomic mass is 32.1. The van der Waals surface area contributed by atoms with Crippen molar-refractivity contribution >= 4 is 22.2 Å². The van der Waals surface area contributed by atoms with E-state index in [1.807, 2.05) is 6.07 Å². The number of hydrogen-bond donors (Lipinski definition) is 1. The van der Waals surface area contributed by atoms with Gasteiger partial charge in [-0.05, 0) is 37.8 Å². The van der Waals surface area contributed by atoms with Gasteiger partial charge in [0.1, 0.15) is 0 Å². The van der Waals surface area contributed by atoms with Crippen LogP contribution in [0.3, 0.4) is 0 Å². The number of morpholine rings is 1. The summed E-state index contributed by atoms with van der Waals surface area (Å²) in [7, 11) is 0. The maximum atomic E-state index is 13.2. The van der Waals surface area contributed by atoms with E-state index in [0.29, 0.717) is 6.10 Å². The van der Waals surface area contributed by atoms with Crippen molar-refractivity contribution in [2.75, 3.05) is 37.8 Å². The molecule has 1 saturated heterocycles. The molecule has 5 rings (SSSR count). The molecule has 2 aromatic rings. The Kier molecular flexibility index (Phi) is 5.56. The zero-order valence-corrected chi connectivity index (χ0v) is 18.4. The van der Waals surface area contributed by atoms with Crippen molar-refractivity contribution in [1.82, 2.24) is 5.32 Å². The topological polar surface area (TPSA) is 50.8 Å². The average Bonchev–Trinajstić information content (AvgIpc) is 3.18. The molecule has 1 aliphatic heterocycles. The first-order valence-electron chi connectivity index (χ1n) is 11.2. The van der Waals surface area contributed by atoms with Gasteiger partial charge in [-0.2, -0.15) is 0 Å². The number of hydrogen-bond acceptors (Lipinski definition) is 5. The predicted molar refractivity (Wildman–Crippen MR) is 120 cm³/mol. The Balaban J connectivity index is 1.38. The summed E-state index contributed by atoms with van der Waals surface area (Å²) in [5, 5.41) is 4.53. The fourth-order valence-electron chi connectivity index (χ4n) is 5.19. The van der Waals surface area contributed by atoms with Gasteiger partial charge in [-0.15, -0.1) is 11.3 Å². The van der Waals surface area contributed by atoms with Crippen molar-refractivity contribution in [1.29, 1.82) is 0 Å². The maximum absolute atomic E-state index is 13.2. The molecule has 0 radical (unpaired) electrons. The Morgan fingerprint density at radius 3 is 2.70 bits per heavy atom. The van der Waals surface area contributed by atoms with Crippen molar-refractivity contribution in [2.45, 2.75) is 44.8 Å². The van der Waals surface area contributed by atoms with Crippen molar-refractivity contribution in [3.63, 3.8) is 0 Å². The van der Waals surface area contributed by atoms with E-state index >= 15 is 0 Å². The number of rotatable bonds is 6. The van der Waals surface area contributed by atoms with E-state index in [1.165, 1.54) is 24.3 Å². The van der Waals surface area contributed by atoms with Crippen LogP contribution in [0.15, 0.2) is 36.4 Å². The highest BCUT2D eigenvalue weighted by Crippen LogP contribution is 2.57. The molecule has 2 atom stereocenters. The van der Waals surface area contributed by atoms with E-state index in [1.54, 1.807) is 11.3 Å². The zero-order valence-electron chi connectivity index (χ0n) is 17.6. The smallest absolute Gasteiger partial charge is 0.261 e. The van der Waals surface area contributed by atoms with Crippen LogP contribution in [0.25, 0.3) is 11.1 Å². The number of nitrogens with zero attached hydrogens (tertiary/aromatic N) is 1. The molecule has 1 N–H and O–H groups in total. The summed E-state index contributed by atoms with van der Waals surface area (Å²) in [6, 6.07) is 12.7. The van der Waals surface area contributed by atoms with E-state index in [9.17, 15) is 4.79 Å². The molecular weight excluding hydrogens is 396 g/mol. The van der Waals surface area contributed by atoms with E-state index < -0.39 is 0 Å². The first-order chi connectivity index (χ1) is 14.7. The molecule has 0 unspecified atom stereocenters. The molecule has 1 aromatic carbocycles. The van der Waals surface area contributed by atoms with Crippen LogP contribution in [0, 0.1) is 5.41 Å². The van der Waals surface area contributed by atoms with E-state index in [-0.39, 0.29) is 17.4 Å². The fraction of sp³-hybridized carbons (Fsp3) is 0.542. The van der Waals surface area contributed by atoms with Crippen LogP contribution < -0.4 is 10.2 Å². The zero-order chi connectivity index (χ0) is 20.6. The fourth-order valence-corrected chi connectivity index (χ4v) is 6.32. The lowest BCUT2D eigenvalue weighted by atomic mass is 9.51. The number of carbonyl (C=O) groups is 1. The minimum Gasteiger partial charge on any atom is -0.378 e. The second-order valence-electron chi connectivity index (χ2n) is 8.59. The number of ether oxygens (including phenoxy) is 2. The lowest BCUT2D eigenvalue weighted by Crippen LogP contribution is -2.67. The molecular formula is C24H30N2O3S. The number of benzene rings is 1. The summed E-state index contributed by atoms with van der Waals surface area (Å²) in [6.07, 6.45) is 4.83. The molecule has 6 heteroatoms. The highest BCUT2D eigenvalue weighted by molar-refractivity contribution is 7.18. The molecule has 30 heavy (non-hydrogen) atoms. The predicted octanol–water partition coefficient (Wildman–Crippen LogP) is 4.33. The number of amides is 1. The molecule has 3 aliphatic rings. The van der Waals surface area contributed by atoms with Crippen LogP contribution in [0.1, 0.15) is 42.3 Å². The molecule has 160 valence electrons. The van der Waals surface area contributed by atoms with Gasteiger partial charge in [0.05, 0.1) is 29.2 Å². The SMILES string of the molecule is CCO[C@@H]1C[C@@H](NC(=O)c2cc(-c3ccccc3)c(N3CCOCC3)s2)C12CCC2. The standard InChI is InChI=1S/C24H30N2O3S/c1-2-29-21-16-20(24(21)9-6-10-24)25-22(27)19-15-18(17-7-4-3-5-8-17)23(30-19)26-11-13-28-14-12-26/h3-5,7-8,15,20-21H,2,6,9-14,16H2,1H3,(H,25,27)/t20-,21-/m1/s1. The maximum Gasteiger partial charge on any atom is 0.261 e. The minimum absolute atomic E-state index is 0.0583. The van der Waals surface area contributed by atoms with Gasteiger partial charge >= 0.3 is 0 Å². The number of thiophene rings is 1. The van der Waals surface area contributed by atoms with Gasteiger partial charge < -0.3 is 19.7 Å². The summed E-state index contributed by atoms with van der Waals surface area (Å²) in [5.41, 5.74) is 2.48. The molecule has 2 saturated carbocycles. The monoisotopic (exact) mass is 426 g/mol. The molecule has 5 nitrogen and oxygen atoms in total. The molecule has 1 spiro atoms. The molecule has 1 aromatic heterocycles. The molecule has 2 heterocycles. The van der Waals surface area contributed by atoms with Gasteiger partial charge in [0.25, 0.3) is 5.91 Å². The first kappa shape index (κ1) is 20.0. The largest absolute Gasteiger partial charge is 0.378 e. The second-order valence-corrected chi connectivity index (χ2v) is 9.62. The van der Waals surface area contributed by atoms with Crippen molar-refractivity contribution in [3.05, 3.63) is 41.3 Å². The summed E-state index contributed by atoms with van der Waals surface area (Å²) < 4.78 is 11.5. The molecule has 3 fully saturated rings. The van der Waals surface area contributed by atoms with Gasteiger partial charge in [-0.1, -0.05) is 36.8 Å². The van der Waals surface area contributed by atoms with E-state index in [4.69, 9.17) is 9.47 Å². The van der Waals surface area contributed by atoms with Crippen molar-refractivity contribution in [3.8, 4) is 11.1 Å². The lowest BCUT2D eigenvalue weighted by Gasteiger charge is -2.60. The van der Waals surface area contributed by atoms with E-state index in [0.717, 1.165) is 55.3 Å².